The first-order valence-corrected chi connectivity index (χ1v) is 12.7. The lowest BCUT2D eigenvalue weighted by atomic mass is 10.0. The number of hydrogen-bond donors (Lipinski definition) is 2. The van der Waals surface area contributed by atoms with Crippen LogP contribution in [-0.4, -0.2) is 66.2 Å². The molecule has 1 aliphatic rings. The Labute approximate surface area is 218 Å². The third kappa shape index (κ3) is 6.50. The maximum absolute atomic E-state index is 13.1. The van der Waals surface area contributed by atoms with Crippen molar-refractivity contribution in [3.63, 3.8) is 0 Å². The fourth-order valence-corrected chi connectivity index (χ4v) is 4.64. The second kappa shape index (κ2) is 12.0. The summed E-state index contributed by atoms with van der Waals surface area (Å²) in [4.78, 5) is 43.0. The second-order valence-corrected chi connectivity index (χ2v) is 9.53. The Morgan fingerprint density at radius 3 is 2.08 bits per heavy atom. The zero-order valence-corrected chi connectivity index (χ0v) is 21.7. The first-order valence-electron chi connectivity index (χ1n) is 12.7. The average molecular weight is 499 g/mol. The number of anilines is 2. The van der Waals surface area contributed by atoms with Gasteiger partial charge in [0.1, 0.15) is 0 Å². The van der Waals surface area contributed by atoms with Crippen LogP contribution in [0.2, 0.25) is 0 Å². The highest BCUT2D eigenvalue weighted by Crippen LogP contribution is 2.21. The van der Waals surface area contributed by atoms with Crippen LogP contribution in [0.1, 0.15) is 34.0 Å². The number of nitrogens with one attached hydrogen (secondary N) is 2. The molecule has 1 aliphatic heterocycles. The van der Waals surface area contributed by atoms with Crippen LogP contribution in [0.5, 0.6) is 0 Å². The minimum absolute atomic E-state index is 0.0312. The zero-order valence-electron chi connectivity index (χ0n) is 21.7. The molecule has 7 heteroatoms. The Morgan fingerprint density at radius 1 is 0.784 bits per heavy atom. The number of carbonyl (C=O) groups excluding carboxylic acids is 3. The molecular formula is C30H34N4O3. The van der Waals surface area contributed by atoms with E-state index in [9.17, 15) is 14.4 Å². The number of benzene rings is 3. The van der Waals surface area contributed by atoms with Crippen LogP contribution in [-0.2, 0) is 9.59 Å². The van der Waals surface area contributed by atoms with Crippen molar-refractivity contribution in [3.8, 4) is 0 Å². The molecule has 0 bridgehead atoms. The number of hydrogen-bond acceptors (Lipinski definition) is 5. The van der Waals surface area contributed by atoms with Crippen LogP contribution < -0.4 is 10.6 Å². The van der Waals surface area contributed by atoms with E-state index < -0.39 is 0 Å². The van der Waals surface area contributed by atoms with Crippen molar-refractivity contribution in [2.24, 2.45) is 0 Å². The molecule has 0 saturated carbocycles. The minimum atomic E-state index is -0.370. The van der Waals surface area contributed by atoms with Crippen LogP contribution in [0, 0.1) is 13.8 Å². The number of carbonyl (C=O) groups is 3. The smallest absolute Gasteiger partial charge is 0.241 e. The van der Waals surface area contributed by atoms with Gasteiger partial charge in [0.15, 0.2) is 5.78 Å². The molecule has 0 aliphatic carbocycles. The van der Waals surface area contributed by atoms with Crippen LogP contribution in [0.25, 0.3) is 0 Å². The van der Waals surface area contributed by atoms with E-state index in [4.69, 9.17) is 0 Å². The maximum Gasteiger partial charge on any atom is 0.241 e. The summed E-state index contributed by atoms with van der Waals surface area (Å²) < 4.78 is 0. The quantitative estimate of drug-likeness (QED) is 0.457. The van der Waals surface area contributed by atoms with Crippen LogP contribution in [0.15, 0.2) is 72.8 Å². The summed E-state index contributed by atoms with van der Waals surface area (Å²) >= 11 is 0. The maximum atomic E-state index is 13.1. The number of aryl methyl sites for hydroxylation is 2. The molecule has 1 fully saturated rings. The Bertz CT molecular complexity index is 1250. The molecule has 3 aromatic rings. The summed E-state index contributed by atoms with van der Waals surface area (Å²) in [6, 6.07) is 21.7. The van der Waals surface area contributed by atoms with Crippen molar-refractivity contribution >= 4 is 29.0 Å². The van der Waals surface area contributed by atoms with Crippen molar-refractivity contribution in [3.05, 3.63) is 95.1 Å². The zero-order chi connectivity index (χ0) is 26.4. The fourth-order valence-electron chi connectivity index (χ4n) is 4.64. The van der Waals surface area contributed by atoms with Crippen molar-refractivity contribution < 1.29 is 14.4 Å². The van der Waals surface area contributed by atoms with E-state index in [1.807, 2.05) is 63.2 Å². The van der Waals surface area contributed by atoms with Crippen molar-refractivity contribution in [2.75, 3.05) is 43.4 Å². The van der Waals surface area contributed by atoms with E-state index in [0.717, 1.165) is 16.8 Å². The van der Waals surface area contributed by atoms with Crippen LogP contribution in [0.3, 0.4) is 0 Å². The lowest BCUT2D eigenvalue weighted by molar-refractivity contribution is -0.122. The van der Waals surface area contributed by atoms with Gasteiger partial charge in [0, 0.05) is 43.0 Å². The van der Waals surface area contributed by atoms with E-state index in [1.54, 1.807) is 30.3 Å². The highest BCUT2D eigenvalue weighted by atomic mass is 16.2. The van der Waals surface area contributed by atoms with Crippen LogP contribution >= 0.6 is 0 Å². The molecule has 1 heterocycles. The topological polar surface area (TPSA) is 81.8 Å². The molecule has 1 unspecified atom stereocenters. The van der Waals surface area contributed by atoms with Gasteiger partial charge in [-0.25, -0.2) is 0 Å². The predicted octanol–water partition coefficient (Wildman–Crippen LogP) is 4.12. The number of ketones is 1. The summed E-state index contributed by atoms with van der Waals surface area (Å²) in [5, 5.41) is 6.01. The summed E-state index contributed by atoms with van der Waals surface area (Å²) in [5.74, 6) is -0.317. The van der Waals surface area contributed by atoms with Crippen molar-refractivity contribution in [1.82, 2.24) is 9.80 Å². The van der Waals surface area contributed by atoms with Gasteiger partial charge in [0.2, 0.25) is 11.8 Å². The second-order valence-electron chi connectivity index (χ2n) is 9.53. The van der Waals surface area contributed by atoms with E-state index in [1.165, 1.54) is 0 Å². The summed E-state index contributed by atoms with van der Waals surface area (Å²) in [7, 11) is 0. The predicted molar refractivity (Wildman–Crippen MR) is 147 cm³/mol. The monoisotopic (exact) mass is 498 g/mol. The summed E-state index contributed by atoms with van der Waals surface area (Å²) in [5.41, 5.74) is 4.52. The molecule has 7 nitrogen and oxygen atoms in total. The van der Waals surface area contributed by atoms with E-state index in [0.29, 0.717) is 49.5 Å². The number of amides is 2. The molecule has 2 amide bonds. The largest absolute Gasteiger partial charge is 0.324 e. The normalized spacial score (nSPS) is 15.1. The number of rotatable bonds is 8. The van der Waals surface area contributed by atoms with Gasteiger partial charge in [-0.3, -0.25) is 24.2 Å². The molecule has 3 aromatic carbocycles. The Morgan fingerprint density at radius 2 is 1.41 bits per heavy atom. The number of piperazine rings is 1. The molecule has 1 saturated heterocycles. The number of para-hydroxylation sites is 2. The first-order chi connectivity index (χ1) is 17.8. The van der Waals surface area contributed by atoms with E-state index >= 15 is 0 Å². The highest BCUT2D eigenvalue weighted by Gasteiger charge is 2.27. The van der Waals surface area contributed by atoms with Gasteiger partial charge in [0.25, 0.3) is 0 Å². The first kappa shape index (κ1) is 26.3. The van der Waals surface area contributed by atoms with Gasteiger partial charge in [-0.2, -0.15) is 0 Å². The van der Waals surface area contributed by atoms with Gasteiger partial charge in [-0.1, -0.05) is 60.7 Å². The van der Waals surface area contributed by atoms with Crippen molar-refractivity contribution in [2.45, 2.75) is 26.8 Å². The molecule has 37 heavy (non-hydrogen) atoms. The van der Waals surface area contributed by atoms with E-state index in [2.05, 4.69) is 20.4 Å². The SMILES string of the molecule is Cc1cccc(C)c1NC(=O)CN1CCN(C(C)C(=O)Nc2ccccc2C(=O)c2ccccc2)CC1. The summed E-state index contributed by atoms with van der Waals surface area (Å²) in [6.07, 6.45) is 0. The van der Waals surface area contributed by atoms with Crippen LogP contribution in [0.4, 0.5) is 11.4 Å². The van der Waals surface area contributed by atoms with Crippen molar-refractivity contribution in [1.29, 1.82) is 0 Å². The van der Waals surface area contributed by atoms with E-state index in [-0.39, 0.29) is 23.6 Å². The molecule has 192 valence electrons. The van der Waals surface area contributed by atoms with Gasteiger partial charge in [-0.15, -0.1) is 0 Å². The third-order valence-electron chi connectivity index (χ3n) is 6.91. The standard InChI is InChI=1S/C30H34N4O3/c1-21-10-9-11-22(2)28(21)32-27(35)20-33-16-18-34(19-17-33)23(3)30(37)31-26-15-8-7-14-25(26)29(36)24-12-5-4-6-13-24/h4-15,23H,16-20H2,1-3H3,(H,31,37)(H,32,35). The Kier molecular flexibility index (Phi) is 8.48. The van der Waals surface area contributed by atoms with Gasteiger partial charge >= 0.3 is 0 Å². The van der Waals surface area contributed by atoms with Gasteiger partial charge < -0.3 is 10.6 Å². The Balaban J connectivity index is 1.31. The third-order valence-corrected chi connectivity index (χ3v) is 6.91. The highest BCUT2D eigenvalue weighted by molar-refractivity contribution is 6.14. The number of nitrogens with zero attached hydrogens (tertiary/aromatic N) is 2. The molecule has 0 radical (unpaired) electrons. The minimum Gasteiger partial charge on any atom is -0.324 e. The summed E-state index contributed by atoms with van der Waals surface area (Å²) in [6.45, 7) is 8.92. The average Bonchev–Trinajstić information content (AvgIpc) is 2.91. The lowest BCUT2D eigenvalue weighted by Crippen LogP contribution is -2.53. The molecule has 0 spiro atoms. The molecule has 2 N–H and O–H groups in total. The Hall–Kier alpha value is -3.81. The van der Waals surface area contributed by atoms with Gasteiger partial charge in [-0.05, 0) is 44.0 Å². The molecule has 0 aromatic heterocycles. The molecule has 1 atom stereocenters. The van der Waals surface area contributed by atoms with Gasteiger partial charge in [0.05, 0.1) is 18.3 Å². The molecular weight excluding hydrogens is 464 g/mol. The fraction of sp³-hybridized carbons (Fsp3) is 0.300. The molecule has 4 rings (SSSR count). The lowest BCUT2D eigenvalue weighted by Gasteiger charge is -2.37.